The van der Waals surface area contributed by atoms with Crippen LogP contribution >= 0.6 is 0 Å². The zero-order valence-electron chi connectivity index (χ0n) is 36.3. The molecule has 0 radical (unpaired) electrons. The van der Waals surface area contributed by atoms with Gasteiger partial charge in [0.05, 0.1) is 56.8 Å². The number of aliphatic hydroxyl groups is 2. The van der Waals surface area contributed by atoms with Crippen LogP contribution in [0.1, 0.15) is 55.4 Å². The van der Waals surface area contributed by atoms with E-state index in [4.69, 9.17) is 14.2 Å². The number of amides is 3. The van der Waals surface area contributed by atoms with Crippen molar-refractivity contribution >= 4 is 43.2 Å². The number of nitrogens with one attached hydrogen (secondary N) is 1. The highest BCUT2D eigenvalue weighted by atomic mass is 28.4. The van der Waals surface area contributed by atoms with Gasteiger partial charge >= 0.3 is 0 Å². The number of unbranched alkanes of at least 4 members (excludes halogenated alkanes) is 1. The van der Waals surface area contributed by atoms with Gasteiger partial charge in [-0.05, 0) is 111 Å². The SMILES string of the molecule is CCOc1ccc2c(c1)CC(NCCCCO)C(=O)N2c1ccc(CN2C(=O)[C@]3(O[C@H](CC(=O)N(CCO)Cc4ccccc4)[C@@H]([Si](C)(C)F)[C@@H]3C)c3cc(OC)ccc32)cc1. The molecule has 3 amide bonds. The van der Waals surface area contributed by atoms with Gasteiger partial charge < -0.3 is 43.6 Å². The number of carbonyl (C=O) groups excluding carboxylic acids is 3. The number of hydrogen-bond acceptors (Lipinski definition) is 9. The molecule has 330 valence electrons. The van der Waals surface area contributed by atoms with Crippen LogP contribution in [-0.4, -0.2) is 93.4 Å². The second-order valence-electron chi connectivity index (χ2n) is 17.0. The predicted octanol–water partition coefficient (Wildman–Crippen LogP) is 6.78. The summed E-state index contributed by atoms with van der Waals surface area (Å²) in [6, 6.07) is 27.7. The fourth-order valence-electron chi connectivity index (χ4n) is 9.68. The van der Waals surface area contributed by atoms with Crippen molar-refractivity contribution < 1.29 is 42.9 Å². The van der Waals surface area contributed by atoms with Crippen molar-refractivity contribution in [1.82, 2.24) is 10.2 Å². The number of methoxy groups -OCH3 is 1. The molecular weight excluding hydrogens is 808 g/mol. The van der Waals surface area contributed by atoms with Crippen LogP contribution in [0.15, 0.2) is 91.0 Å². The standard InChI is InChI=1S/C48H59FN4O8Si/c1-6-60-38-19-20-41-35(26-38)27-40(50-22-10-11-24-54)46(57)53(41)36-16-14-34(15-17-36)31-52-42-21-18-37(59-3)28-39(42)48(47(52)58)32(2)45(62(4,5)49)43(61-48)29-44(56)51(23-25-55)30-33-12-8-7-9-13-33/h7-9,12-21,26,28,32,40,43,45,50,54-55H,6,10-11,22-25,27,29-31H2,1-5H3/t32-,40?,43+,45-,48+/m0/s1. The summed E-state index contributed by atoms with van der Waals surface area (Å²) in [6.07, 6.45) is 0.832. The first-order valence-corrected chi connectivity index (χ1v) is 24.6. The van der Waals surface area contributed by atoms with Crippen molar-refractivity contribution in [1.29, 1.82) is 0 Å². The highest BCUT2D eigenvalue weighted by Crippen LogP contribution is 2.61. The lowest BCUT2D eigenvalue weighted by Crippen LogP contribution is -2.49. The Morgan fingerprint density at radius 1 is 0.952 bits per heavy atom. The fourth-order valence-corrected chi connectivity index (χ4v) is 12.2. The van der Waals surface area contributed by atoms with Gasteiger partial charge in [-0.15, -0.1) is 0 Å². The highest BCUT2D eigenvalue weighted by Gasteiger charge is 2.67. The molecule has 0 aliphatic carbocycles. The number of halogens is 1. The summed E-state index contributed by atoms with van der Waals surface area (Å²) in [7, 11) is -2.04. The summed E-state index contributed by atoms with van der Waals surface area (Å²) in [5.41, 5.74) is 3.00. The maximum Gasteiger partial charge on any atom is 0.264 e. The van der Waals surface area contributed by atoms with Gasteiger partial charge in [0, 0.05) is 42.4 Å². The van der Waals surface area contributed by atoms with Crippen molar-refractivity contribution in [3.05, 3.63) is 113 Å². The van der Waals surface area contributed by atoms with Gasteiger partial charge in [-0.25, -0.2) is 0 Å². The van der Waals surface area contributed by atoms with Crippen molar-refractivity contribution in [2.45, 2.75) is 89.0 Å². The highest BCUT2D eigenvalue weighted by molar-refractivity contribution is 6.72. The normalized spacial score (nSPS) is 21.9. The molecule has 62 heavy (non-hydrogen) atoms. The van der Waals surface area contributed by atoms with E-state index in [1.54, 1.807) is 47.0 Å². The molecule has 3 aliphatic rings. The zero-order chi connectivity index (χ0) is 44.2. The minimum absolute atomic E-state index is 0.0909. The number of aliphatic hydroxyl groups excluding tert-OH is 2. The molecule has 3 heterocycles. The van der Waals surface area contributed by atoms with E-state index >= 15 is 8.90 Å². The van der Waals surface area contributed by atoms with E-state index in [2.05, 4.69) is 5.32 Å². The molecule has 0 aromatic heterocycles. The second-order valence-corrected chi connectivity index (χ2v) is 20.8. The van der Waals surface area contributed by atoms with Crippen molar-refractivity contribution in [3.63, 3.8) is 0 Å². The first kappa shape index (κ1) is 44.9. The third-order valence-electron chi connectivity index (χ3n) is 12.5. The fraction of sp³-hybridized carbons (Fsp3) is 0.438. The molecule has 7 rings (SSSR count). The summed E-state index contributed by atoms with van der Waals surface area (Å²) < 4.78 is 35.0. The summed E-state index contributed by atoms with van der Waals surface area (Å²) in [6.45, 7) is 8.50. The summed E-state index contributed by atoms with van der Waals surface area (Å²) in [4.78, 5) is 48.3. The summed E-state index contributed by atoms with van der Waals surface area (Å²) in [5.74, 6) is -0.100. The Labute approximate surface area is 364 Å². The molecule has 0 bridgehead atoms. The van der Waals surface area contributed by atoms with Gasteiger partial charge in [-0.1, -0.05) is 49.4 Å². The minimum atomic E-state index is -3.59. The van der Waals surface area contributed by atoms with Crippen molar-refractivity contribution in [2.75, 3.05) is 49.8 Å². The quantitative estimate of drug-likeness (QED) is 0.0561. The molecule has 14 heteroatoms. The maximum atomic E-state index is 16.6. The minimum Gasteiger partial charge on any atom is -0.497 e. The largest absolute Gasteiger partial charge is 0.497 e. The Morgan fingerprint density at radius 3 is 2.35 bits per heavy atom. The molecule has 4 aromatic carbocycles. The van der Waals surface area contributed by atoms with Crippen LogP contribution in [0.2, 0.25) is 18.6 Å². The predicted molar refractivity (Wildman–Crippen MR) is 239 cm³/mol. The average molecular weight is 867 g/mol. The van der Waals surface area contributed by atoms with Crippen LogP contribution in [0.25, 0.3) is 0 Å². The van der Waals surface area contributed by atoms with Gasteiger partial charge in [-0.2, -0.15) is 0 Å². The Hall–Kier alpha value is -5.12. The molecule has 1 fully saturated rings. The summed E-state index contributed by atoms with van der Waals surface area (Å²) in [5, 5.41) is 22.6. The van der Waals surface area contributed by atoms with E-state index < -0.39 is 37.6 Å². The molecule has 1 unspecified atom stereocenters. The second kappa shape index (κ2) is 19.1. The molecular formula is C48H59FN4O8Si. The van der Waals surface area contributed by atoms with E-state index in [0.29, 0.717) is 48.7 Å². The monoisotopic (exact) mass is 866 g/mol. The molecule has 3 N–H and O–H groups in total. The van der Waals surface area contributed by atoms with E-state index in [1.165, 1.54) is 0 Å². The number of rotatable bonds is 18. The van der Waals surface area contributed by atoms with Gasteiger partial charge in [-0.3, -0.25) is 19.3 Å². The van der Waals surface area contributed by atoms with Crippen LogP contribution < -0.4 is 24.6 Å². The topological polar surface area (TPSA) is 141 Å². The Balaban J connectivity index is 1.18. The number of ether oxygens (including phenoxy) is 3. The maximum absolute atomic E-state index is 16.6. The van der Waals surface area contributed by atoms with Crippen LogP contribution in [0.5, 0.6) is 11.5 Å². The third-order valence-corrected chi connectivity index (χ3v) is 15.0. The number of anilines is 3. The van der Waals surface area contributed by atoms with Gasteiger partial charge in [0.1, 0.15) is 11.5 Å². The number of nitrogens with zero attached hydrogens (tertiary/aromatic N) is 3. The first-order valence-electron chi connectivity index (χ1n) is 21.7. The number of fused-ring (bicyclic) bond motifs is 3. The average Bonchev–Trinajstić information content (AvgIpc) is 3.68. The summed E-state index contributed by atoms with van der Waals surface area (Å²) >= 11 is 0. The van der Waals surface area contributed by atoms with E-state index in [0.717, 1.165) is 34.5 Å². The van der Waals surface area contributed by atoms with Crippen LogP contribution in [0, 0.1) is 5.92 Å². The number of benzene rings is 4. The Bertz CT molecular complexity index is 2220. The molecule has 1 spiro atoms. The van der Waals surface area contributed by atoms with Crippen molar-refractivity contribution in [3.8, 4) is 11.5 Å². The number of hydrogen-bond donors (Lipinski definition) is 3. The lowest BCUT2D eigenvalue weighted by atomic mass is 9.82. The Kier molecular flexibility index (Phi) is 13.8. The van der Waals surface area contributed by atoms with E-state index in [-0.39, 0.29) is 57.0 Å². The van der Waals surface area contributed by atoms with Gasteiger partial charge in [0.15, 0.2) is 5.60 Å². The van der Waals surface area contributed by atoms with E-state index in [9.17, 15) is 19.8 Å². The molecule has 0 saturated carbocycles. The third kappa shape index (κ3) is 8.89. The first-order chi connectivity index (χ1) is 29.8. The van der Waals surface area contributed by atoms with Crippen LogP contribution in [0.4, 0.5) is 21.2 Å². The van der Waals surface area contributed by atoms with Crippen LogP contribution in [0.3, 0.4) is 0 Å². The molecule has 5 atom stereocenters. The lowest BCUT2D eigenvalue weighted by molar-refractivity contribution is -0.150. The Morgan fingerprint density at radius 2 is 1.68 bits per heavy atom. The van der Waals surface area contributed by atoms with E-state index in [1.807, 2.05) is 92.7 Å². The molecule has 12 nitrogen and oxygen atoms in total. The van der Waals surface area contributed by atoms with Gasteiger partial charge in [0.25, 0.3) is 5.91 Å². The molecule has 1 saturated heterocycles. The molecule has 3 aliphatic heterocycles. The van der Waals surface area contributed by atoms with Crippen molar-refractivity contribution in [2.24, 2.45) is 5.92 Å². The number of carbonyl (C=O) groups is 3. The zero-order valence-corrected chi connectivity index (χ0v) is 37.3. The lowest BCUT2D eigenvalue weighted by Gasteiger charge is -2.35. The van der Waals surface area contributed by atoms with Crippen LogP contribution in [-0.2, 0) is 44.2 Å². The van der Waals surface area contributed by atoms with Gasteiger partial charge in [0.2, 0.25) is 20.2 Å². The molecule has 4 aromatic rings. The smallest absolute Gasteiger partial charge is 0.264 e.